The summed E-state index contributed by atoms with van der Waals surface area (Å²) in [6, 6.07) is 15.1. The number of carboxylic acid groups (broad SMARTS) is 1. The molecule has 3 aromatic rings. The topological polar surface area (TPSA) is 98.2 Å². The number of likely N-dealkylation sites (N-methyl/N-ethyl adjacent to an activating group) is 1. The van der Waals surface area contributed by atoms with E-state index in [-0.39, 0.29) is 18.5 Å². The van der Waals surface area contributed by atoms with E-state index < -0.39 is 28.1 Å². The molecule has 8 nitrogen and oxygen atoms in total. The van der Waals surface area contributed by atoms with Crippen LogP contribution in [0.4, 0.5) is 18.9 Å². The van der Waals surface area contributed by atoms with Gasteiger partial charge in [-0.05, 0) is 50.7 Å². The fourth-order valence-corrected chi connectivity index (χ4v) is 7.87. The van der Waals surface area contributed by atoms with E-state index in [1.165, 1.54) is 15.6 Å². The summed E-state index contributed by atoms with van der Waals surface area (Å²) in [7, 11) is 0.172. The highest BCUT2D eigenvalue weighted by atomic mass is 32.2. The number of hydrogen-bond donors (Lipinski definition) is 1. The van der Waals surface area contributed by atoms with Gasteiger partial charge in [0.25, 0.3) is 10.0 Å². The number of rotatable bonds is 4. The molecule has 5 rings (SSSR count). The smallest absolute Gasteiger partial charge is 0.475 e. The number of sulfonamides is 1. The second kappa shape index (κ2) is 11.1. The average Bonchev–Trinajstić information content (AvgIpc) is 3.51. The summed E-state index contributed by atoms with van der Waals surface area (Å²) in [5.41, 5.74) is 1.40. The molecule has 3 heterocycles. The molecular weight excluding hydrogens is 555 g/mol. The highest BCUT2D eigenvalue weighted by Gasteiger charge is 2.42. The van der Waals surface area contributed by atoms with Crippen molar-refractivity contribution in [2.75, 3.05) is 38.0 Å². The van der Waals surface area contributed by atoms with Gasteiger partial charge < -0.3 is 14.9 Å². The summed E-state index contributed by atoms with van der Waals surface area (Å²) < 4.78 is 61.6. The van der Waals surface area contributed by atoms with E-state index in [0.717, 1.165) is 41.6 Å². The molecule has 1 saturated heterocycles. The van der Waals surface area contributed by atoms with Crippen LogP contribution in [0.5, 0.6) is 0 Å². The monoisotopic (exact) mass is 583 g/mol. The molecule has 0 saturated carbocycles. The number of aliphatic carboxylic acids is 1. The van der Waals surface area contributed by atoms with E-state index in [1.807, 2.05) is 60.5 Å². The number of thiophene rings is 1. The van der Waals surface area contributed by atoms with Crippen molar-refractivity contribution in [3.63, 3.8) is 0 Å². The number of carbonyl (C=O) groups excluding carboxylic acids is 1. The van der Waals surface area contributed by atoms with Gasteiger partial charge in [-0.3, -0.25) is 9.10 Å². The number of halogens is 3. The van der Waals surface area contributed by atoms with Crippen molar-refractivity contribution in [3.8, 4) is 0 Å². The number of hydrogen-bond acceptors (Lipinski definition) is 6. The SMILES string of the molecule is CN1CCC(N(C)C(=O)C2CN(S(=O)(=O)c3csc4ccccc34)c3ccccc32)CC1.O=C(O)C(F)(F)F. The molecule has 1 aromatic heterocycles. The molecule has 2 aliphatic rings. The molecule has 1 unspecified atom stereocenters. The number of benzene rings is 2. The molecule has 2 aliphatic heterocycles. The van der Waals surface area contributed by atoms with Crippen molar-refractivity contribution in [1.29, 1.82) is 0 Å². The Morgan fingerprint density at radius 1 is 1.05 bits per heavy atom. The van der Waals surface area contributed by atoms with E-state index in [1.54, 1.807) is 5.38 Å². The highest BCUT2D eigenvalue weighted by molar-refractivity contribution is 7.93. The number of anilines is 1. The summed E-state index contributed by atoms with van der Waals surface area (Å²) in [6.07, 6.45) is -3.20. The Balaban J connectivity index is 0.000000448. The number of likely N-dealkylation sites (tertiary alicyclic amines) is 1. The van der Waals surface area contributed by atoms with Gasteiger partial charge in [0, 0.05) is 28.6 Å². The second-order valence-electron chi connectivity index (χ2n) is 9.53. The maximum Gasteiger partial charge on any atom is 0.490 e. The first-order valence-electron chi connectivity index (χ1n) is 12.2. The molecule has 0 bridgehead atoms. The van der Waals surface area contributed by atoms with Crippen LogP contribution >= 0.6 is 11.3 Å². The molecule has 2 aromatic carbocycles. The van der Waals surface area contributed by atoms with Gasteiger partial charge in [0.15, 0.2) is 0 Å². The highest BCUT2D eigenvalue weighted by Crippen LogP contribution is 2.42. The number of fused-ring (bicyclic) bond motifs is 2. The zero-order valence-electron chi connectivity index (χ0n) is 21.3. The van der Waals surface area contributed by atoms with Gasteiger partial charge in [-0.15, -0.1) is 11.3 Å². The second-order valence-corrected chi connectivity index (χ2v) is 12.3. The van der Waals surface area contributed by atoms with Crippen LogP contribution in [0.25, 0.3) is 10.1 Å². The van der Waals surface area contributed by atoms with Crippen molar-refractivity contribution >= 4 is 49.0 Å². The van der Waals surface area contributed by atoms with Crippen LogP contribution in [0.2, 0.25) is 0 Å². The van der Waals surface area contributed by atoms with Gasteiger partial charge in [0.2, 0.25) is 5.91 Å². The van der Waals surface area contributed by atoms with Crippen molar-refractivity contribution in [3.05, 3.63) is 59.5 Å². The molecular formula is C26H28F3N3O5S2. The molecule has 0 spiro atoms. The number of carbonyl (C=O) groups is 2. The molecule has 1 N–H and O–H groups in total. The maximum absolute atomic E-state index is 13.8. The third-order valence-electron chi connectivity index (χ3n) is 7.07. The number of nitrogens with zero attached hydrogens (tertiary/aromatic N) is 3. The van der Waals surface area contributed by atoms with Gasteiger partial charge in [0.1, 0.15) is 4.90 Å². The quantitative estimate of drug-likeness (QED) is 0.490. The zero-order chi connectivity index (χ0) is 28.5. The molecule has 1 atom stereocenters. The maximum atomic E-state index is 13.8. The van der Waals surface area contributed by atoms with Gasteiger partial charge in [0.05, 0.1) is 18.2 Å². The summed E-state index contributed by atoms with van der Waals surface area (Å²) >= 11 is 1.43. The predicted octanol–water partition coefficient (Wildman–Crippen LogP) is 4.38. The lowest BCUT2D eigenvalue weighted by Crippen LogP contribution is -2.46. The Labute approximate surface area is 228 Å². The van der Waals surface area contributed by atoms with Crippen molar-refractivity contribution < 1.29 is 36.3 Å². The molecule has 0 radical (unpaired) electrons. The van der Waals surface area contributed by atoms with E-state index in [2.05, 4.69) is 11.9 Å². The van der Waals surface area contributed by atoms with Gasteiger partial charge >= 0.3 is 12.1 Å². The summed E-state index contributed by atoms with van der Waals surface area (Å²) in [5, 5.41) is 9.57. The first-order valence-corrected chi connectivity index (χ1v) is 14.5. The van der Waals surface area contributed by atoms with Gasteiger partial charge in [-0.2, -0.15) is 13.2 Å². The summed E-state index contributed by atoms with van der Waals surface area (Å²) in [5.74, 6) is -3.25. The molecule has 0 aliphatic carbocycles. The van der Waals surface area contributed by atoms with Gasteiger partial charge in [-0.1, -0.05) is 36.4 Å². The third-order valence-corrected chi connectivity index (χ3v) is 10.00. The molecule has 39 heavy (non-hydrogen) atoms. The minimum atomic E-state index is -5.08. The van der Waals surface area contributed by atoms with Crippen LogP contribution in [0, 0.1) is 0 Å². The van der Waals surface area contributed by atoms with Crippen molar-refractivity contribution in [2.24, 2.45) is 0 Å². The normalized spacial score (nSPS) is 18.4. The largest absolute Gasteiger partial charge is 0.490 e. The Hall–Kier alpha value is -3.16. The summed E-state index contributed by atoms with van der Waals surface area (Å²) in [6.45, 7) is 2.08. The fourth-order valence-electron chi connectivity index (χ4n) is 4.89. The lowest BCUT2D eigenvalue weighted by atomic mass is 9.97. The van der Waals surface area contributed by atoms with E-state index in [0.29, 0.717) is 10.6 Å². The number of carboxylic acids is 1. The fraction of sp³-hybridized carbons (Fsp3) is 0.385. The van der Waals surface area contributed by atoms with Crippen LogP contribution in [0.15, 0.2) is 58.8 Å². The van der Waals surface area contributed by atoms with Crippen molar-refractivity contribution in [2.45, 2.75) is 35.9 Å². The average molecular weight is 584 g/mol. The Kier molecular flexibility index (Phi) is 8.24. The van der Waals surface area contributed by atoms with E-state index >= 15 is 0 Å². The Bertz CT molecular complexity index is 1470. The van der Waals surface area contributed by atoms with Crippen LogP contribution in [0.3, 0.4) is 0 Å². The van der Waals surface area contributed by atoms with Crippen LogP contribution in [-0.4, -0.2) is 81.1 Å². The van der Waals surface area contributed by atoms with Crippen molar-refractivity contribution in [1.82, 2.24) is 9.80 Å². The lowest BCUT2D eigenvalue weighted by Gasteiger charge is -2.36. The van der Waals surface area contributed by atoms with Gasteiger partial charge in [-0.25, -0.2) is 13.2 Å². The summed E-state index contributed by atoms with van der Waals surface area (Å²) in [4.78, 5) is 26.9. The standard InChI is InChI=1S/C24H27N3O3S2.C2HF3O2/c1-25-13-11-17(12-14-25)26(2)24(28)20-15-27(21-9-5-3-7-18(20)21)32(29,30)23-16-31-22-10-6-4-8-19(22)23;3-2(4,5)1(6)7/h3-10,16-17,20H,11-15H2,1-2H3;(H,6,7). The number of piperidine rings is 1. The molecule has 210 valence electrons. The van der Waals surface area contributed by atoms with E-state index in [9.17, 15) is 26.4 Å². The minimum absolute atomic E-state index is 0.000111. The van der Waals surface area contributed by atoms with Crippen LogP contribution < -0.4 is 4.31 Å². The Morgan fingerprint density at radius 2 is 1.64 bits per heavy atom. The Morgan fingerprint density at radius 3 is 2.28 bits per heavy atom. The first-order chi connectivity index (χ1) is 18.3. The zero-order valence-corrected chi connectivity index (χ0v) is 22.9. The van der Waals surface area contributed by atoms with Crippen LogP contribution in [0.1, 0.15) is 24.3 Å². The van der Waals surface area contributed by atoms with Crippen LogP contribution in [-0.2, 0) is 19.6 Å². The predicted molar refractivity (Wildman–Crippen MR) is 143 cm³/mol. The number of alkyl halides is 3. The lowest BCUT2D eigenvalue weighted by molar-refractivity contribution is -0.192. The molecule has 1 amide bonds. The number of amides is 1. The molecule has 1 fully saturated rings. The first kappa shape index (κ1) is 28.8. The third kappa shape index (κ3) is 5.89. The minimum Gasteiger partial charge on any atom is -0.475 e. The van der Waals surface area contributed by atoms with E-state index in [4.69, 9.17) is 9.90 Å². The number of para-hydroxylation sites is 1. The molecule has 13 heteroatoms.